The average molecular weight is 212 g/mol. The van der Waals surface area contributed by atoms with Gasteiger partial charge in [-0.15, -0.1) is 0 Å². The first-order chi connectivity index (χ1) is 7.20. The normalized spacial score (nSPS) is 21.5. The summed E-state index contributed by atoms with van der Waals surface area (Å²) in [6.45, 7) is 1.81. The van der Waals surface area contributed by atoms with Crippen LogP contribution in [-0.4, -0.2) is 24.9 Å². The van der Waals surface area contributed by atoms with Gasteiger partial charge in [0.05, 0.1) is 19.3 Å². The Labute approximate surface area is 86.8 Å². The number of nitrogen functional groups attached to an aromatic ring is 1. The third-order valence-corrected chi connectivity index (χ3v) is 2.49. The highest BCUT2D eigenvalue weighted by Gasteiger charge is 2.20. The lowest BCUT2D eigenvalue weighted by Crippen LogP contribution is -2.34. The molecule has 0 aliphatic carbocycles. The number of ether oxygens (including phenoxy) is 1. The Balaban J connectivity index is 2.31. The number of phenolic OH excluding ortho intramolecular Hbond substituents is 1. The molecule has 1 saturated heterocycles. The molecule has 0 saturated carbocycles. The van der Waals surface area contributed by atoms with Crippen LogP contribution in [0.25, 0.3) is 0 Å². The zero-order valence-electron chi connectivity index (χ0n) is 8.16. The molecule has 1 atom stereocenters. The number of benzene rings is 1. The highest BCUT2D eigenvalue weighted by molar-refractivity contribution is 5.57. The molecule has 4 N–H and O–H groups in total. The quantitative estimate of drug-likeness (QED) is 0.475. The molecule has 1 aromatic rings. The topological polar surface area (TPSA) is 67.5 Å². The third kappa shape index (κ3) is 1.88. The number of nitrogens with two attached hydrogens (primary N) is 1. The lowest BCUT2D eigenvalue weighted by atomic mass is 10.0. The maximum Gasteiger partial charge on any atom is 0.149 e. The van der Waals surface area contributed by atoms with Crippen LogP contribution in [0.5, 0.6) is 5.75 Å². The number of aromatic hydroxyl groups is 1. The maximum absolute atomic E-state index is 13.0. The van der Waals surface area contributed by atoms with E-state index < -0.39 is 5.82 Å². The fraction of sp³-hybridized carbons (Fsp3) is 0.400. The van der Waals surface area contributed by atoms with E-state index in [1.807, 2.05) is 0 Å². The van der Waals surface area contributed by atoms with Crippen LogP contribution in [0.3, 0.4) is 0 Å². The van der Waals surface area contributed by atoms with E-state index in [2.05, 4.69) is 5.32 Å². The number of phenols is 1. The molecule has 1 aliphatic heterocycles. The third-order valence-electron chi connectivity index (χ3n) is 2.49. The van der Waals surface area contributed by atoms with Gasteiger partial charge in [-0.25, -0.2) is 4.39 Å². The second-order valence-electron chi connectivity index (χ2n) is 3.48. The molecule has 2 rings (SSSR count). The largest absolute Gasteiger partial charge is 0.505 e. The van der Waals surface area contributed by atoms with Crippen LogP contribution >= 0.6 is 0 Å². The van der Waals surface area contributed by atoms with Gasteiger partial charge < -0.3 is 20.9 Å². The van der Waals surface area contributed by atoms with Gasteiger partial charge in [0.2, 0.25) is 0 Å². The monoisotopic (exact) mass is 212 g/mol. The summed E-state index contributed by atoms with van der Waals surface area (Å²) in [7, 11) is 0. The summed E-state index contributed by atoms with van der Waals surface area (Å²) in [5.41, 5.74) is 5.76. The number of nitrogens with one attached hydrogen (secondary N) is 1. The van der Waals surface area contributed by atoms with E-state index in [0.29, 0.717) is 25.3 Å². The molecule has 1 heterocycles. The highest BCUT2D eigenvalue weighted by atomic mass is 19.1. The highest BCUT2D eigenvalue weighted by Crippen LogP contribution is 2.32. The van der Waals surface area contributed by atoms with Crippen molar-refractivity contribution in [1.29, 1.82) is 0 Å². The van der Waals surface area contributed by atoms with Gasteiger partial charge in [0.15, 0.2) is 0 Å². The van der Waals surface area contributed by atoms with Crippen LogP contribution < -0.4 is 11.1 Å². The second kappa shape index (κ2) is 4.04. The van der Waals surface area contributed by atoms with Crippen LogP contribution in [0.1, 0.15) is 11.6 Å². The first-order valence-corrected chi connectivity index (χ1v) is 4.78. The molecule has 0 bridgehead atoms. The van der Waals surface area contributed by atoms with Crippen LogP contribution in [0.4, 0.5) is 10.1 Å². The molecule has 4 nitrogen and oxygen atoms in total. The van der Waals surface area contributed by atoms with Crippen molar-refractivity contribution in [2.24, 2.45) is 0 Å². The Kier molecular flexibility index (Phi) is 2.75. The van der Waals surface area contributed by atoms with Crippen molar-refractivity contribution in [2.75, 3.05) is 25.5 Å². The summed E-state index contributed by atoms with van der Waals surface area (Å²) in [4.78, 5) is 0. The van der Waals surface area contributed by atoms with Gasteiger partial charge in [-0.3, -0.25) is 0 Å². The molecule has 0 spiro atoms. The Morgan fingerprint density at radius 3 is 3.00 bits per heavy atom. The number of morpholine rings is 1. The summed E-state index contributed by atoms with van der Waals surface area (Å²) in [5.74, 6) is -0.800. The molecule has 1 fully saturated rings. The van der Waals surface area contributed by atoms with E-state index in [4.69, 9.17) is 10.5 Å². The van der Waals surface area contributed by atoms with E-state index in [9.17, 15) is 9.50 Å². The molecule has 1 aliphatic rings. The van der Waals surface area contributed by atoms with Crippen LogP contribution in [0.2, 0.25) is 0 Å². The van der Waals surface area contributed by atoms with Gasteiger partial charge in [-0.1, -0.05) is 6.07 Å². The number of hydrogen-bond acceptors (Lipinski definition) is 4. The maximum atomic E-state index is 13.0. The number of halogens is 1. The molecule has 82 valence electrons. The molecule has 5 heteroatoms. The Morgan fingerprint density at radius 1 is 1.53 bits per heavy atom. The molecule has 0 unspecified atom stereocenters. The van der Waals surface area contributed by atoms with Crippen molar-refractivity contribution in [3.05, 3.63) is 23.5 Å². The van der Waals surface area contributed by atoms with E-state index in [-0.39, 0.29) is 17.5 Å². The average Bonchev–Trinajstić information content (AvgIpc) is 2.27. The SMILES string of the molecule is Nc1c(F)ccc([C@@H]2COCCN2)c1O. The number of hydrogen-bond donors (Lipinski definition) is 3. The van der Waals surface area contributed by atoms with Crippen molar-refractivity contribution >= 4 is 5.69 Å². The van der Waals surface area contributed by atoms with E-state index in [0.717, 1.165) is 0 Å². The molecule has 0 radical (unpaired) electrons. The predicted octanol–water partition coefficient (Wildman–Crippen LogP) is 0.774. The summed E-state index contributed by atoms with van der Waals surface area (Å²) < 4.78 is 18.2. The van der Waals surface area contributed by atoms with Gasteiger partial charge in [0.1, 0.15) is 17.3 Å². The van der Waals surface area contributed by atoms with Gasteiger partial charge in [-0.05, 0) is 6.07 Å². The lowest BCUT2D eigenvalue weighted by molar-refractivity contribution is 0.0761. The summed E-state index contributed by atoms with van der Waals surface area (Å²) in [6, 6.07) is 2.65. The minimum Gasteiger partial charge on any atom is -0.505 e. The lowest BCUT2D eigenvalue weighted by Gasteiger charge is -2.25. The zero-order valence-corrected chi connectivity index (χ0v) is 8.16. The Hall–Kier alpha value is -1.33. The number of rotatable bonds is 1. The molecular weight excluding hydrogens is 199 g/mol. The van der Waals surface area contributed by atoms with E-state index >= 15 is 0 Å². The summed E-state index contributed by atoms with van der Waals surface area (Å²) in [5, 5.41) is 12.8. The van der Waals surface area contributed by atoms with Crippen LogP contribution in [0, 0.1) is 5.82 Å². The first kappa shape index (κ1) is 10.2. The van der Waals surface area contributed by atoms with Crippen LogP contribution in [-0.2, 0) is 4.74 Å². The van der Waals surface area contributed by atoms with E-state index in [1.165, 1.54) is 12.1 Å². The van der Waals surface area contributed by atoms with E-state index in [1.54, 1.807) is 0 Å². The summed E-state index contributed by atoms with van der Waals surface area (Å²) >= 11 is 0. The van der Waals surface area contributed by atoms with Crippen molar-refractivity contribution in [3.63, 3.8) is 0 Å². The van der Waals surface area contributed by atoms with Crippen LogP contribution in [0.15, 0.2) is 12.1 Å². The molecular formula is C10H13FN2O2. The Morgan fingerprint density at radius 2 is 2.33 bits per heavy atom. The van der Waals surface area contributed by atoms with Gasteiger partial charge >= 0.3 is 0 Å². The second-order valence-corrected chi connectivity index (χ2v) is 3.48. The van der Waals surface area contributed by atoms with Gasteiger partial charge in [0, 0.05) is 12.1 Å². The Bertz CT molecular complexity index is 365. The fourth-order valence-corrected chi connectivity index (χ4v) is 1.65. The van der Waals surface area contributed by atoms with Gasteiger partial charge in [-0.2, -0.15) is 0 Å². The van der Waals surface area contributed by atoms with Gasteiger partial charge in [0.25, 0.3) is 0 Å². The molecule has 1 aromatic carbocycles. The predicted molar refractivity (Wildman–Crippen MR) is 54.0 cm³/mol. The standard InChI is InChI=1S/C10H13FN2O2/c11-7-2-1-6(10(14)9(7)12)8-5-15-4-3-13-8/h1-2,8,13-14H,3-5,12H2/t8-/m0/s1. The zero-order chi connectivity index (χ0) is 10.8. The van der Waals surface area contributed by atoms with Crippen molar-refractivity contribution < 1.29 is 14.2 Å². The number of anilines is 1. The van der Waals surface area contributed by atoms with Crippen molar-refractivity contribution in [1.82, 2.24) is 5.32 Å². The minimum atomic E-state index is -0.604. The first-order valence-electron chi connectivity index (χ1n) is 4.78. The smallest absolute Gasteiger partial charge is 0.149 e. The van der Waals surface area contributed by atoms with Crippen molar-refractivity contribution in [2.45, 2.75) is 6.04 Å². The fourth-order valence-electron chi connectivity index (χ4n) is 1.65. The minimum absolute atomic E-state index is 0.123. The molecule has 0 aromatic heterocycles. The molecule has 15 heavy (non-hydrogen) atoms. The summed E-state index contributed by atoms with van der Waals surface area (Å²) in [6.07, 6.45) is 0. The molecule has 0 amide bonds. The van der Waals surface area contributed by atoms with Crippen molar-refractivity contribution in [3.8, 4) is 5.75 Å².